The summed E-state index contributed by atoms with van der Waals surface area (Å²) in [7, 11) is 0. The molecule has 0 saturated carbocycles. The van der Waals surface area contributed by atoms with Gasteiger partial charge in [0.1, 0.15) is 0 Å². The average Bonchev–Trinajstić information content (AvgIpc) is 2.54. The molecule has 0 heterocycles. The molecule has 0 aliphatic carbocycles. The molecule has 1 aromatic rings. The predicted octanol–water partition coefficient (Wildman–Crippen LogP) is 2.39. The third kappa shape index (κ3) is 7.15. The Hall–Kier alpha value is -2.08. The van der Waals surface area contributed by atoms with Crippen molar-refractivity contribution in [3.8, 4) is 0 Å². The van der Waals surface area contributed by atoms with E-state index >= 15 is 0 Å². The number of carbonyl (C=O) groups is 1. The molecule has 5 N–H and O–H groups in total. The third-order valence-corrected chi connectivity index (χ3v) is 3.48. The minimum Gasteiger partial charge on any atom is -0.465 e. The summed E-state index contributed by atoms with van der Waals surface area (Å²) in [4.78, 5) is 11.4. The largest absolute Gasteiger partial charge is 0.465 e. The van der Waals surface area contributed by atoms with Gasteiger partial charge in [0.15, 0.2) is 0 Å². The Morgan fingerprint density at radius 1 is 1.43 bits per heavy atom. The topological polar surface area (TPSA) is 100 Å². The summed E-state index contributed by atoms with van der Waals surface area (Å²) in [5.41, 5.74) is 8.03. The van der Waals surface area contributed by atoms with Crippen LogP contribution in [0.15, 0.2) is 18.2 Å². The summed E-state index contributed by atoms with van der Waals surface area (Å²) in [5.74, 6) is -0.236. The molecular weight excluding hydrogens is 292 g/mol. The second kappa shape index (κ2) is 10.6. The van der Waals surface area contributed by atoms with E-state index in [4.69, 9.17) is 15.9 Å². The highest BCUT2D eigenvalue weighted by molar-refractivity contribution is 5.86. The van der Waals surface area contributed by atoms with Crippen molar-refractivity contribution in [1.29, 1.82) is 5.41 Å². The van der Waals surface area contributed by atoms with Gasteiger partial charge in [-0.25, -0.2) is 0 Å². The highest BCUT2D eigenvalue weighted by Gasteiger charge is 2.10. The van der Waals surface area contributed by atoms with Gasteiger partial charge in [0, 0.05) is 35.7 Å². The van der Waals surface area contributed by atoms with Gasteiger partial charge >= 0.3 is 5.97 Å². The normalized spacial score (nSPS) is 11.7. The number of unbranched alkanes of at least 4 members (excludes halogenated alkanes) is 1. The van der Waals surface area contributed by atoms with E-state index in [1.807, 2.05) is 12.1 Å². The Morgan fingerprint density at radius 3 is 2.87 bits per heavy atom. The second-order valence-corrected chi connectivity index (χ2v) is 5.41. The van der Waals surface area contributed by atoms with Crippen molar-refractivity contribution in [2.45, 2.75) is 39.2 Å². The molecule has 0 radical (unpaired) electrons. The lowest BCUT2D eigenvalue weighted by molar-refractivity contribution is -0.141. The number of benzene rings is 1. The number of carbonyl (C=O) groups excluding carboxylic acids is 1. The van der Waals surface area contributed by atoms with Crippen molar-refractivity contribution < 1.29 is 9.53 Å². The van der Waals surface area contributed by atoms with Crippen molar-refractivity contribution in [2.24, 2.45) is 0 Å². The first-order valence-corrected chi connectivity index (χ1v) is 8.13. The van der Waals surface area contributed by atoms with Crippen LogP contribution in [0.3, 0.4) is 0 Å². The molecule has 23 heavy (non-hydrogen) atoms. The molecule has 0 aliphatic rings. The number of hydrogen-bond donors (Lipinski definition) is 4. The summed E-state index contributed by atoms with van der Waals surface area (Å²) in [5, 5.41) is 14.0. The van der Waals surface area contributed by atoms with Gasteiger partial charge < -0.3 is 26.5 Å². The zero-order valence-electron chi connectivity index (χ0n) is 14.0. The molecule has 6 nitrogen and oxygen atoms in total. The monoisotopic (exact) mass is 320 g/mol. The average molecular weight is 320 g/mol. The zero-order valence-corrected chi connectivity index (χ0v) is 14.0. The smallest absolute Gasteiger partial charge is 0.319 e. The molecule has 0 spiro atoms. The fourth-order valence-corrected chi connectivity index (χ4v) is 2.26. The molecule has 6 heteroatoms. The number of nitrogen functional groups attached to an aromatic ring is 1. The summed E-state index contributed by atoms with van der Waals surface area (Å²) in [6, 6.07) is 5.77. The van der Waals surface area contributed by atoms with Crippen molar-refractivity contribution >= 4 is 23.6 Å². The summed E-state index contributed by atoms with van der Waals surface area (Å²) < 4.78 is 4.91. The van der Waals surface area contributed by atoms with Crippen LogP contribution in [-0.4, -0.2) is 37.9 Å². The van der Waals surface area contributed by atoms with Gasteiger partial charge in [-0.05, 0) is 31.5 Å². The van der Waals surface area contributed by atoms with Crippen LogP contribution in [0, 0.1) is 5.41 Å². The number of ether oxygens (including phenoxy) is 1. The van der Waals surface area contributed by atoms with Crippen molar-refractivity contribution in [3.05, 3.63) is 23.8 Å². The minimum atomic E-state index is -0.236. The Kier molecular flexibility index (Phi) is 8.75. The maximum absolute atomic E-state index is 11.4. The van der Waals surface area contributed by atoms with E-state index in [0.29, 0.717) is 24.4 Å². The van der Waals surface area contributed by atoms with E-state index in [-0.39, 0.29) is 18.6 Å². The lowest BCUT2D eigenvalue weighted by Gasteiger charge is -2.21. The maximum Gasteiger partial charge on any atom is 0.319 e. The Labute approximate surface area is 138 Å². The highest BCUT2D eigenvalue weighted by Crippen LogP contribution is 2.18. The van der Waals surface area contributed by atoms with Gasteiger partial charge in [-0.15, -0.1) is 0 Å². The standard InChI is InChI=1S/C17H28N4O2/c1-3-5-6-15(11-20-12-17(22)23-4-2)21-14-7-8-16(19)13(9-14)10-18/h7-10,15,18,20-21H,3-6,11-12,19H2,1-2H3. The van der Waals surface area contributed by atoms with Gasteiger partial charge in [0.05, 0.1) is 13.2 Å². The summed E-state index contributed by atoms with van der Waals surface area (Å²) in [6.07, 6.45) is 4.46. The zero-order chi connectivity index (χ0) is 17.1. The molecule has 128 valence electrons. The summed E-state index contributed by atoms with van der Waals surface area (Å²) >= 11 is 0. The first-order chi connectivity index (χ1) is 11.1. The molecular formula is C17H28N4O2. The fraction of sp³-hybridized carbons (Fsp3) is 0.529. The Balaban J connectivity index is 2.59. The van der Waals surface area contributed by atoms with E-state index in [1.54, 1.807) is 13.0 Å². The van der Waals surface area contributed by atoms with Gasteiger partial charge in [-0.2, -0.15) is 0 Å². The molecule has 0 aromatic heterocycles. The van der Waals surface area contributed by atoms with Gasteiger partial charge in [-0.3, -0.25) is 4.79 Å². The van der Waals surface area contributed by atoms with E-state index < -0.39 is 0 Å². The SMILES string of the molecule is CCCCC(CNCC(=O)OCC)Nc1ccc(N)c(C=N)c1. The number of anilines is 2. The third-order valence-electron chi connectivity index (χ3n) is 3.48. The van der Waals surface area contributed by atoms with Crippen LogP contribution in [0.2, 0.25) is 0 Å². The van der Waals surface area contributed by atoms with Crippen LogP contribution in [0.25, 0.3) is 0 Å². The van der Waals surface area contributed by atoms with Gasteiger partial charge in [0.25, 0.3) is 0 Å². The van der Waals surface area contributed by atoms with Crippen LogP contribution in [-0.2, 0) is 9.53 Å². The first-order valence-electron chi connectivity index (χ1n) is 8.13. The van der Waals surface area contributed by atoms with Gasteiger partial charge in [0.2, 0.25) is 0 Å². The Bertz CT molecular complexity index is 505. The highest BCUT2D eigenvalue weighted by atomic mass is 16.5. The van der Waals surface area contributed by atoms with E-state index in [0.717, 1.165) is 24.9 Å². The molecule has 1 rings (SSSR count). The number of nitrogens with two attached hydrogens (primary N) is 1. The van der Waals surface area contributed by atoms with Crippen LogP contribution >= 0.6 is 0 Å². The molecule has 1 atom stereocenters. The molecule has 0 amide bonds. The first kappa shape index (κ1) is 19.0. The molecule has 0 aliphatic heterocycles. The number of hydrogen-bond acceptors (Lipinski definition) is 6. The van der Waals surface area contributed by atoms with Crippen LogP contribution in [0.4, 0.5) is 11.4 Å². The molecule has 0 saturated heterocycles. The van der Waals surface area contributed by atoms with Crippen LogP contribution in [0.5, 0.6) is 0 Å². The molecule has 1 unspecified atom stereocenters. The second-order valence-electron chi connectivity index (χ2n) is 5.41. The number of rotatable bonds is 11. The molecule has 1 aromatic carbocycles. The lowest BCUT2D eigenvalue weighted by atomic mass is 10.1. The number of nitrogens with one attached hydrogen (secondary N) is 3. The van der Waals surface area contributed by atoms with Crippen molar-refractivity contribution in [2.75, 3.05) is 30.7 Å². The van der Waals surface area contributed by atoms with Crippen molar-refractivity contribution in [1.82, 2.24) is 5.32 Å². The van der Waals surface area contributed by atoms with E-state index in [1.165, 1.54) is 6.21 Å². The summed E-state index contributed by atoms with van der Waals surface area (Å²) in [6.45, 7) is 5.23. The Morgan fingerprint density at radius 2 is 2.22 bits per heavy atom. The minimum absolute atomic E-state index is 0.201. The quantitative estimate of drug-likeness (QED) is 0.285. The van der Waals surface area contributed by atoms with Crippen LogP contribution < -0.4 is 16.4 Å². The number of esters is 1. The fourth-order valence-electron chi connectivity index (χ4n) is 2.26. The predicted molar refractivity (Wildman–Crippen MR) is 95.2 cm³/mol. The van der Waals surface area contributed by atoms with E-state index in [2.05, 4.69) is 17.6 Å². The lowest BCUT2D eigenvalue weighted by Crippen LogP contribution is -2.36. The maximum atomic E-state index is 11.4. The van der Waals surface area contributed by atoms with E-state index in [9.17, 15) is 4.79 Å². The van der Waals surface area contributed by atoms with Crippen LogP contribution in [0.1, 0.15) is 38.7 Å². The van der Waals surface area contributed by atoms with Crippen molar-refractivity contribution in [3.63, 3.8) is 0 Å². The molecule has 0 fully saturated rings. The van der Waals surface area contributed by atoms with Gasteiger partial charge in [-0.1, -0.05) is 19.8 Å². The molecule has 0 bridgehead atoms.